The molecule has 1 unspecified atom stereocenters. The average Bonchev–Trinajstić information content (AvgIpc) is 2.43. The Labute approximate surface area is 126 Å². The smallest absolute Gasteiger partial charge is 0.0207 e. The standard InChI is InChI=1S/C19H33N/c1-5-12-19(16(2)3)20-15-18-14-11-9-7-6-8-10-13-17(18)4/h8,10,13-14,16,19-20H,5-7,9,11-12,15H2,1-4H3/b10-8+,17-13?,18-14?. The van der Waals surface area contributed by atoms with Gasteiger partial charge in [-0.1, -0.05) is 51.5 Å². The highest BCUT2D eigenvalue weighted by molar-refractivity contribution is 5.33. The van der Waals surface area contributed by atoms with Gasteiger partial charge in [0.15, 0.2) is 0 Å². The number of hydrogen-bond donors (Lipinski definition) is 1. The van der Waals surface area contributed by atoms with Gasteiger partial charge in [-0.25, -0.2) is 0 Å². The Morgan fingerprint density at radius 2 is 1.95 bits per heavy atom. The Bertz CT molecular complexity index is 347. The molecule has 0 aliphatic heterocycles. The van der Waals surface area contributed by atoms with Crippen LogP contribution in [0, 0.1) is 5.92 Å². The monoisotopic (exact) mass is 275 g/mol. The summed E-state index contributed by atoms with van der Waals surface area (Å²) in [6.45, 7) is 10.2. The number of rotatable bonds is 6. The second kappa shape index (κ2) is 9.99. The van der Waals surface area contributed by atoms with Crippen molar-refractivity contribution in [3.8, 4) is 0 Å². The molecule has 20 heavy (non-hydrogen) atoms. The predicted octanol–water partition coefficient (Wildman–Crippen LogP) is 5.40. The summed E-state index contributed by atoms with van der Waals surface area (Å²) in [5.74, 6) is 0.708. The Balaban J connectivity index is 2.65. The Hall–Kier alpha value is -0.820. The van der Waals surface area contributed by atoms with E-state index in [4.69, 9.17) is 0 Å². The third-order valence-corrected chi connectivity index (χ3v) is 4.16. The fourth-order valence-electron chi connectivity index (χ4n) is 2.69. The summed E-state index contributed by atoms with van der Waals surface area (Å²) in [5, 5.41) is 3.77. The first kappa shape index (κ1) is 17.2. The van der Waals surface area contributed by atoms with Crippen molar-refractivity contribution in [3.05, 3.63) is 35.5 Å². The van der Waals surface area contributed by atoms with Gasteiger partial charge in [0.2, 0.25) is 0 Å². The van der Waals surface area contributed by atoms with Gasteiger partial charge in [-0.2, -0.15) is 0 Å². The van der Waals surface area contributed by atoms with Crippen LogP contribution in [0.4, 0.5) is 0 Å². The summed E-state index contributed by atoms with van der Waals surface area (Å²) in [6, 6.07) is 0.639. The summed E-state index contributed by atoms with van der Waals surface area (Å²) >= 11 is 0. The third-order valence-electron chi connectivity index (χ3n) is 4.16. The number of allylic oxidation sites excluding steroid dienone is 4. The van der Waals surface area contributed by atoms with Gasteiger partial charge in [-0.15, -0.1) is 0 Å². The van der Waals surface area contributed by atoms with Gasteiger partial charge in [0.25, 0.3) is 0 Å². The Morgan fingerprint density at radius 3 is 2.65 bits per heavy atom. The van der Waals surface area contributed by atoms with Gasteiger partial charge in [-0.05, 0) is 56.1 Å². The van der Waals surface area contributed by atoms with Crippen molar-refractivity contribution >= 4 is 0 Å². The molecule has 1 nitrogen and oxygen atoms in total. The van der Waals surface area contributed by atoms with E-state index in [0.29, 0.717) is 12.0 Å². The molecule has 0 saturated carbocycles. The van der Waals surface area contributed by atoms with Crippen molar-refractivity contribution in [3.63, 3.8) is 0 Å². The van der Waals surface area contributed by atoms with E-state index in [1.54, 1.807) is 0 Å². The van der Waals surface area contributed by atoms with Crippen molar-refractivity contribution < 1.29 is 0 Å². The minimum Gasteiger partial charge on any atom is -0.310 e. The topological polar surface area (TPSA) is 12.0 Å². The molecule has 0 aromatic heterocycles. The fourth-order valence-corrected chi connectivity index (χ4v) is 2.69. The van der Waals surface area contributed by atoms with Crippen LogP contribution in [-0.2, 0) is 0 Å². The Morgan fingerprint density at radius 1 is 1.20 bits per heavy atom. The lowest BCUT2D eigenvalue weighted by Crippen LogP contribution is -2.35. The number of hydrogen-bond acceptors (Lipinski definition) is 1. The summed E-state index contributed by atoms with van der Waals surface area (Å²) in [6.07, 6.45) is 16.8. The second-order valence-electron chi connectivity index (χ2n) is 6.31. The molecular weight excluding hydrogens is 242 g/mol. The molecule has 0 saturated heterocycles. The lowest BCUT2D eigenvalue weighted by molar-refractivity contribution is 0.385. The van der Waals surface area contributed by atoms with Gasteiger partial charge in [-0.3, -0.25) is 0 Å². The average molecular weight is 275 g/mol. The van der Waals surface area contributed by atoms with Gasteiger partial charge in [0, 0.05) is 12.6 Å². The first-order valence-electron chi connectivity index (χ1n) is 8.41. The normalized spacial score (nSPS) is 20.2. The lowest BCUT2D eigenvalue weighted by atomic mass is 9.97. The molecule has 0 fully saturated rings. The molecule has 0 radical (unpaired) electrons. The fraction of sp³-hybridized carbons (Fsp3) is 0.684. The van der Waals surface area contributed by atoms with Crippen LogP contribution in [0.5, 0.6) is 0 Å². The van der Waals surface area contributed by atoms with Crippen LogP contribution in [0.2, 0.25) is 0 Å². The molecule has 0 aromatic rings. The van der Waals surface area contributed by atoms with Crippen LogP contribution in [-0.4, -0.2) is 12.6 Å². The highest BCUT2D eigenvalue weighted by atomic mass is 14.9. The largest absolute Gasteiger partial charge is 0.310 e. The molecule has 1 rings (SSSR count). The third kappa shape index (κ3) is 6.56. The van der Waals surface area contributed by atoms with Crippen LogP contribution >= 0.6 is 0 Å². The molecule has 1 heteroatoms. The molecule has 114 valence electrons. The van der Waals surface area contributed by atoms with Crippen LogP contribution in [0.15, 0.2) is 35.5 Å². The van der Waals surface area contributed by atoms with Gasteiger partial charge < -0.3 is 5.32 Å². The number of nitrogens with one attached hydrogen (secondary N) is 1. The Kier molecular flexibility index (Phi) is 8.60. The minimum absolute atomic E-state index is 0.639. The van der Waals surface area contributed by atoms with Crippen molar-refractivity contribution in [1.82, 2.24) is 5.32 Å². The molecule has 0 bridgehead atoms. The van der Waals surface area contributed by atoms with Gasteiger partial charge in [0.1, 0.15) is 0 Å². The molecule has 0 heterocycles. The maximum absolute atomic E-state index is 3.77. The first-order valence-corrected chi connectivity index (χ1v) is 8.41. The van der Waals surface area contributed by atoms with E-state index in [0.717, 1.165) is 6.54 Å². The van der Waals surface area contributed by atoms with E-state index in [1.165, 1.54) is 49.7 Å². The summed E-state index contributed by atoms with van der Waals surface area (Å²) < 4.78 is 0. The lowest BCUT2D eigenvalue weighted by Gasteiger charge is -2.23. The quantitative estimate of drug-likeness (QED) is 0.684. The SMILES string of the molecule is CCCC(NCC1=CCCCC/C=C/C=C1C)C(C)C. The van der Waals surface area contributed by atoms with Crippen LogP contribution in [0.1, 0.15) is 66.2 Å². The molecule has 0 aromatic carbocycles. The first-order chi connectivity index (χ1) is 9.65. The maximum atomic E-state index is 3.77. The highest BCUT2D eigenvalue weighted by Gasteiger charge is 2.12. The molecule has 1 aliphatic rings. The molecule has 0 spiro atoms. The van der Waals surface area contributed by atoms with Gasteiger partial charge in [0.05, 0.1) is 0 Å². The highest BCUT2D eigenvalue weighted by Crippen LogP contribution is 2.16. The van der Waals surface area contributed by atoms with Crippen molar-refractivity contribution in [2.75, 3.05) is 6.54 Å². The summed E-state index contributed by atoms with van der Waals surface area (Å²) in [5.41, 5.74) is 2.90. The zero-order chi connectivity index (χ0) is 14.8. The van der Waals surface area contributed by atoms with Crippen LogP contribution in [0.3, 0.4) is 0 Å². The van der Waals surface area contributed by atoms with E-state index >= 15 is 0 Å². The van der Waals surface area contributed by atoms with E-state index < -0.39 is 0 Å². The van der Waals surface area contributed by atoms with Crippen LogP contribution < -0.4 is 5.32 Å². The van der Waals surface area contributed by atoms with E-state index in [-0.39, 0.29) is 0 Å². The second-order valence-corrected chi connectivity index (χ2v) is 6.31. The minimum atomic E-state index is 0.639. The van der Waals surface area contributed by atoms with E-state index in [2.05, 4.69) is 57.3 Å². The summed E-state index contributed by atoms with van der Waals surface area (Å²) in [7, 11) is 0. The zero-order valence-corrected chi connectivity index (χ0v) is 13.9. The molecule has 1 N–H and O–H groups in total. The molecule has 1 aliphatic carbocycles. The van der Waals surface area contributed by atoms with Crippen molar-refractivity contribution in [2.24, 2.45) is 5.92 Å². The maximum Gasteiger partial charge on any atom is 0.0207 e. The van der Waals surface area contributed by atoms with Crippen molar-refractivity contribution in [1.29, 1.82) is 0 Å². The predicted molar refractivity (Wildman–Crippen MR) is 91.0 cm³/mol. The molecule has 0 amide bonds. The van der Waals surface area contributed by atoms with Crippen LogP contribution in [0.25, 0.3) is 0 Å². The van der Waals surface area contributed by atoms with Crippen molar-refractivity contribution in [2.45, 2.75) is 72.3 Å². The van der Waals surface area contributed by atoms with E-state index in [9.17, 15) is 0 Å². The van der Waals surface area contributed by atoms with E-state index in [1.807, 2.05) is 0 Å². The summed E-state index contributed by atoms with van der Waals surface area (Å²) in [4.78, 5) is 0. The molecule has 1 atom stereocenters. The van der Waals surface area contributed by atoms with Gasteiger partial charge >= 0.3 is 0 Å². The zero-order valence-electron chi connectivity index (χ0n) is 13.9. The molecular formula is C19H33N.